The number of carbonyl (C=O) groups is 1. The number of aryl methyl sites for hydroxylation is 1. The van der Waals surface area contributed by atoms with Gasteiger partial charge in [0.25, 0.3) is 5.91 Å². The second-order valence-corrected chi connectivity index (χ2v) is 7.85. The number of nitrogens with one attached hydrogen (secondary N) is 2. The molecule has 4 aromatic rings. The van der Waals surface area contributed by atoms with Crippen molar-refractivity contribution in [3.05, 3.63) is 59.0 Å². The zero-order valence-corrected chi connectivity index (χ0v) is 17.4. The number of piperidine rings is 1. The first kappa shape index (κ1) is 20.0. The molecule has 0 radical (unpaired) electrons. The van der Waals surface area contributed by atoms with E-state index < -0.39 is 5.91 Å². The normalized spacial score (nSPS) is 14.8. The van der Waals surface area contributed by atoms with Crippen molar-refractivity contribution in [2.24, 2.45) is 7.05 Å². The predicted molar refractivity (Wildman–Crippen MR) is 119 cm³/mol. The lowest BCUT2D eigenvalue weighted by molar-refractivity contribution is 0.102. The zero-order valence-electron chi connectivity index (χ0n) is 17.4. The van der Waals surface area contributed by atoms with E-state index in [0.717, 1.165) is 16.6 Å². The van der Waals surface area contributed by atoms with E-state index in [1.807, 2.05) is 19.2 Å². The zero-order chi connectivity index (χ0) is 22.2. The van der Waals surface area contributed by atoms with Gasteiger partial charge in [-0.1, -0.05) is 0 Å². The number of hydrogen-bond donors (Lipinski definition) is 3. The molecule has 1 amide bonds. The summed E-state index contributed by atoms with van der Waals surface area (Å²) < 4.78 is 7.21. The van der Waals surface area contributed by atoms with Gasteiger partial charge in [0.1, 0.15) is 6.26 Å². The summed E-state index contributed by atoms with van der Waals surface area (Å²) in [5.74, 6) is -0.236. The van der Waals surface area contributed by atoms with Gasteiger partial charge < -0.3 is 24.7 Å². The van der Waals surface area contributed by atoms with Crippen molar-refractivity contribution in [1.29, 1.82) is 0 Å². The number of H-pyrrole nitrogens is 1. The maximum atomic E-state index is 13.0. The number of anilines is 2. The SMILES string of the molecule is Cn1ncc2cc(NC(=O)c3coc(-c4cc[nH]c(=O)c4)n3)c(N3CCC(O)CC3)cc21. The number of aliphatic hydroxyl groups excluding tert-OH is 1. The number of aromatic nitrogens is 4. The number of pyridine rings is 1. The standard InChI is InChI=1S/C22H22N6O4/c1-27-18-10-19(28-6-3-15(29)4-7-28)16(8-14(18)11-24-27)25-21(31)17-12-32-22(26-17)13-2-5-23-20(30)9-13/h2,5,8-12,15,29H,3-4,6-7H2,1H3,(H,23,30)(H,25,31). The summed E-state index contributed by atoms with van der Waals surface area (Å²) in [7, 11) is 1.87. The van der Waals surface area contributed by atoms with E-state index in [2.05, 4.69) is 25.3 Å². The molecule has 1 aromatic carbocycles. The van der Waals surface area contributed by atoms with Crippen molar-refractivity contribution in [2.45, 2.75) is 18.9 Å². The van der Waals surface area contributed by atoms with Crippen LogP contribution in [0.25, 0.3) is 22.4 Å². The highest BCUT2D eigenvalue weighted by Crippen LogP contribution is 2.33. The number of nitrogens with zero attached hydrogens (tertiary/aromatic N) is 4. The Morgan fingerprint density at radius 1 is 1.28 bits per heavy atom. The number of aliphatic hydroxyl groups is 1. The maximum absolute atomic E-state index is 13.0. The van der Waals surface area contributed by atoms with Gasteiger partial charge in [-0.3, -0.25) is 14.3 Å². The Hall–Kier alpha value is -3.92. The number of aromatic amines is 1. The molecule has 164 valence electrons. The Bertz CT molecular complexity index is 1350. The molecule has 32 heavy (non-hydrogen) atoms. The van der Waals surface area contributed by atoms with Gasteiger partial charge in [-0.25, -0.2) is 4.98 Å². The van der Waals surface area contributed by atoms with Crippen molar-refractivity contribution in [3.63, 3.8) is 0 Å². The van der Waals surface area contributed by atoms with Crippen LogP contribution in [0.2, 0.25) is 0 Å². The minimum Gasteiger partial charge on any atom is -0.444 e. The van der Waals surface area contributed by atoms with Crippen LogP contribution in [0.4, 0.5) is 11.4 Å². The summed E-state index contributed by atoms with van der Waals surface area (Å²) in [5.41, 5.74) is 2.74. The molecule has 4 heterocycles. The summed E-state index contributed by atoms with van der Waals surface area (Å²) >= 11 is 0. The second kappa shape index (κ2) is 7.97. The van der Waals surface area contributed by atoms with E-state index in [4.69, 9.17) is 4.42 Å². The molecule has 0 bridgehead atoms. The number of amides is 1. The number of hydrogen-bond acceptors (Lipinski definition) is 7. The van der Waals surface area contributed by atoms with Crippen molar-refractivity contribution in [2.75, 3.05) is 23.3 Å². The Morgan fingerprint density at radius 3 is 2.88 bits per heavy atom. The van der Waals surface area contributed by atoms with E-state index in [1.54, 1.807) is 16.9 Å². The van der Waals surface area contributed by atoms with Gasteiger partial charge in [-0.15, -0.1) is 0 Å². The van der Waals surface area contributed by atoms with Crippen LogP contribution < -0.4 is 15.8 Å². The lowest BCUT2D eigenvalue weighted by Gasteiger charge is -2.33. The van der Waals surface area contributed by atoms with Gasteiger partial charge in [0.15, 0.2) is 5.69 Å². The molecule has 3 N–H and O–H groups in total. The van der Waals surface area contributed by atoms with Crippen molar-refractivity contribution < 1.29 is 14.3 Å². The van der Waals surface area contributed by atoms with Crippen LogP contribution in [-0.2, 0) is 7.05 Å². The minimum atomic E-state index is -0.425. The molecule has 0 aliphatic carbocycles. The molecule has 5 rings (SSSR count). The summed E-state index contributed by atoms with van der Waals surface area (Å²) in [6.07, 6.45) is 5.54. The summed E-state index contributed by atoms with van der Waals surface area (Å²) in [5, 5.41) is 18.0. The molecule has 0 saturated carbocycles. The Morgan fingerprint density at radius 2 is 2.09 bits per heavy atom. The average Bonchev–Trinajstić information content (AvgIpc) is 3.41. The van der Waals surface area contributed by atoms with Crippen LogP contribution in [0, 0.1) is 0 Å². The highest BCUT2D eigenvalue weighted by atomic mass is 16.3. The van der Waals surface area contributed by atoms with Crippen LogP contribution >= 0.6 is 0 Å². The highest BCUT2D eigenvalue weighted by molar-refractivity contribution is 6.06. The number of fused-ring (bicyclic) bond motifs is 1. The quantitative estimate of drug-likeness (QED) is 0.449. The van der Waals surface area contributed by atoms with Crippen LogP contribution in [0.3, 0.4) is 0 Å². The first-order chi connectivity index (χ1) is 15.5. The van der Waals surface area contributed by atoms with Crippen LogP contribution in [0.15, 0.2) is 52.1 Å². The Kier molecular flexibility index (Phi) is 4.98. The smallest absolute Gasteiger partial charge is 0.277 e. The first-order valence-corrected chi connectivity index (χ1v) is 10.3. The molecule has 1 fully saturated rings. The Balaban J connectivity index is 1.46. The minimum absolute atomic E-state index is 0.103. The van der Waals surface area contributed by atoms with Crippen LogP contribution in [0.5, 0.6) is 0 Å². The fraction of sp³-hybridized carbons (Fsp3) is 0.273. The summed E-state index contributed by atoms with van der Waals surface area (Å²) in [6, 6.07) is 6.89. The molecule has 10 heteroatoms. The largest absolute Gasteiger partial charge is 0.444 e. The molecule has 0 unspecified atom stereocenters. The highest BCUT2D eigenvalue weighted by Gasteiger charge is 2.23. The van der Waals surface area contributed by atoms with Gasteiger partial charge in [0.2, 0.25) is 11.4 Å². The third-order valence-electron chi connectivity index (χ3n) is 5.68. The van der Waals surface area contributed by atoms with Gasteiger partial charge in [0.05, 0.1) is 29.2 Å². The maximum Gasteiger partial charge on any atom is 0.277 e. The fourth-order valence-electron chi connectivity index (χ4n) is 3.93. The number of benzene rings is 1. The molecule has 1 saturated heterocycles. The third kappa shape index (κ3) is 3.76. The molecular weight excluding hydrogens is 412 g/mol. The van der Waals surface area contributed by atoms with Crippen molar-refractivity contribution >= 4 is 28.2 Å². The molecular formula is C22H22N6O4. The van der Waals surface area contributed by atoms with Gasteiger partial charge in [-0.05, 0) is 31.0 Å². The van der Waals surface area contributed by atoms with Gasteiger partial charge in [-0.2, -0.15) is 5.10 Å². The number of rotatable bonds is 4. The Labute approximate surface area is 182 Å². The fourth-order valence-corrected chi connectivity index (χ4v) is 3.93. The number of oxazole rings is 1. The van der Waals surface area contributed by atoms with Crippen LogP contribution in [-0.4, -0.2) is 50.0 Å². The molecule has 1 aliphatic heterocycles. The molecule has 10 nitrogen and oxygen atoms in total. The molecule has 3 aromatic heterocycles. The third-order valence-corrected chi connectivity index (χ3v) is 5.68. The lowest BCUT2D eigenvalue weighted by Crippen LogP contribution is -2.36. The summed E-state index contributed by atoms with van der Waals surface area (Å²) in [4.78, 5) is 33.4. The number of carbonyl (C=O) groups excluding carboxylic acids is 1. The average molecular weight is 434 g/mol. The van der Waals surface area contributed by atoms with Crippen molar-refractivity contribution in [1.82, 2.24) is 19.7 Å². The van der Waals surface area contributed by atoms with E-state index in [1.165, 1.54) is 18.5 Å². The summed E-state index contributed by atoms with van der Waals surface area (Å²) in [6.45, 7) is 1.37. The van der Waals surface area contributed by atoms with E-state index in [9.17, 15) is 14.7 Å². The molecule has 0 atom stereocenters. The van der Waals surface area contributed by atoms with Gasteiger partial charge >= 0.3 is 0 Å². The lowest BCUT2D eigenvalue weighted by atomic mass is 10.1. The predicted octanol–water partition coefficient (Wildman–Crippen LogP) is 2.13. The monoisotopic (exact) mass is 434 g/mol. The van der Waals surface area contributed by atoms with E-state index in [0.29, 0.717) is 37.2 Å². The topological polar surface area (TPSA) is 129 Å². The van der Waals surface area contributed by atoms with E-state index in [-0.39, 0.29) is 23.2 Å². The van der Waals surface area contributed by atoms with Crippen LogP contribution in [0.1, 0.15) is 23.3 Å². The first-order valence-electron chi connectivity index (χ1n) is 10.3. The molecule has 0 spiro atoms. The van der Waals surface area contributed by atoms with E-state index >= 15 is 0 Å². The van der Waals surface area contributed by atoms with Crippen molar-refractivity contribution in [3.8, 4) is 11.5 Å². The molecule has 1 aliphatic rings. The second-order valence-electron chi connectivity index (χ2n) is 7.85. The van der Waals surface area contributed by atoms with Gasteiger partial charge in [0, 0.05) is 43.4 Å².